The third-order valence-corrected chi connectivity index (χ3v) is 4.58. The van der Waals surface area contributed by atoms with E-state index < -0.39 is 5.92 Å². The lowest BCUT2D eigenvalue weighted by molar-refractivity contribution is -0.134. The van der Waals surface area contributed by atoms with E-state index in [4.69, 9.17) is 9.26 Å². The maximum absolute atomic E-state index is 13.3. The second-order valence-corrected chi connectivity index (χ2v) is 6.68. The topological polar surface area (TPSA) is 84.7 Å². The molecule has 0 fully saturated rings. The summed E-state index contributed by atoms with van der Waals surface area (Å²) >= 11 is 0. The molecular formula is C21H19N3O4. The zero-order valence-corrected chi connectivity index (χ0v) is 15.5. The maximum Gasteiger partial charge on any atom is 0.245 e. The highest BCUT2D eigenvalue weighted by atomic mass is 16.5. The molecule has 0 aliphatic carbocycles. The number of hydrogen-bond acceptors (Lipinski definition) is 5. The van der Waals surface area contributed by atoms with E-state index in [1.54, 1.807) is 20.0 Å². The van der Waals surface area contributed by atoms with Crippen LogP contribution in [0.5, 0.6) is 11.5 Å². The van der Waals surface area contributed by atoms with Gasteiger partial charge in [-0.2, -0.15) is 0 Å². The van der Waals surface area contributed by atoms with Crippen molar-refractivity contribution in [2.75, 3.05) is 18.9 Å². The number of carbonyl (C=O) groups excluding carboxylic acids is 2. The van der Waals surface area contributed by atoms with Crippen LogP contribution >= 0.6 is 0 Å². The predicted octanol–water partition coefficient (Wildman–Crippen LogP) is 3.32. The number of ether oxygens (including phenoxy) is 1. The molecule has 0 saturated carbocycles. The molecule has 3 aromatic rings. The normalized spacial score (nSPS) is 12.5. The largest absolute Gasteiger partial charge is 0.457 e. The van der Waals surface area contributed by atoms with Gasteiger partial charge in [0.15, 0.2) is 5.82 Å². The van der Waals surface area contributed by atoms with Gasteiger partial charge in [-0.05, 0) is 19.1 Å². The number of fused-ring (bicyclic) bond motifs is 2. The highest BCUT2D eigenvalue weighted by Crippen LogP contribution is 2.44. The Kier molecular flexibility index (Phi) is 4.57. The number of carbonyl (C=O) groups is 2. The maximum atomic E-state index is 13.3. The number of para-hydroxylation sites is 2. The van der Waals surface area contributed by atoms with Crippen LogP contribution in [0.3, 0.4) is 0 Å². The Labute approximate surface area is 161 Å². The Bertz CT molecular complexity index is 998. The Hall–Kier alpha value is -3.61. The summed E-state index contributed by atoms with van der Waals surface area (Å²) in [5.74, 6) is 1.15. The van der Waals surface area contributed by atoms with E-state index in [1.165, 1.54) is 4.90 Å². The molecule has 2 amide bonds. The molecule has 2 heterocycles. The molecule has 1 aromatic heterocycles. The molecule has 2 aromatic carbocycles. The molecule has 1 aliphatic rings. The number of amides is 2. The van der Waals surface area contributed by atoms with Crippen molar-refractivity contribution in [3.63, 3.8) is 0 Å². The van der Waals surface area contributed by atoms with Crippen molar-refractivity contribution in [3.8, 4) is 11.5 Å². The summed E-state index contributed by atoms with van der Waals surface area (Å²) in [7, 11) is 1.61. The van der Waals surface area contributed by atoms with Crippen molar-refractivity contribution in [2.45, 2.75) is 12.8 Å². The van der Waals surface area contributed by atoms with Crippen LogP contribution < -0.4 is 10.1 Å². The average molecular weight is 377 g/mol. The first-order valence-electron chi connectivity index (χ1n) is 8.87. The quantitative estimate of drug-likeness (QED) is 0.754. The summed E-state index contributed by atoms with van der Waals surface area (Å²) in [6.07, 6.45) is 0. The molecule has 0 unspecified atom stereocenters. The smallest absolute Gasteiger partial charge is 0.245 e. The van der Waals surface area contributed by atoms with Crippen molar-refractivity contribution in [3.05, 3.63) is 71.5 Å². The van der Waals surface area contributed by atoms with E-state index in [0.717, 1.165) is 11.1 Å². The molecule has 0 saturated heterocycles. The second kappa shape index (κ2) is 7.19. The first-order valence-corrected chi connectivity index (χ1v) is 8.87. The van der Waals surface area contributed by atoms with Crippen LogP contribution in [0.25, 0.3) is 0 Å². The van der Waals surface area contributed by atoms with E-state index in [1.807, 2.05) is 48.5 Å². The Morgan fingerprint density at radius 3 is 2.25 bits per heavy atom. The average Bonchev–Trinajstić information content (AvgIpc) is 3.09. The van der Waals surface area contributed by atoms with Gasteiger partial charge in [-0.1, -0.05) is 41.6 Å². The minimum Gasteiger partial charge on any atom is -0.457 e. The van der Waals surface area contributed by atoms with E-state index in [0.29, 0.717) is 23.1 Å². The van der Waals surface area contributed by atoms with Crippen molar-refractivity contribution < 1.29 is 18.8 Å². The van der Waals surface area contributed by atoms with Crippen LogP contribution in [0.2, 0.25) is 0 Å². The van der Waals surface area contributed by atoms with Crippen LogP contribution in [0.1, 0.15) is 22.8 Å². The minimum absolute atomic E-state index is 0.105. The number of anilines is 1. The van der Waals surface area contributed by atoms with Crippen LogP contribution in [-0.2, 0) is 9.59 Å². The first kappa shape index (κ1) is 17.8. The van der Waals surface area contributed by atoms with Crippen LogP contribution in [0, 0.1) is 6.92 Å². The SMILES string of the molecule is Cc1cc(NC(=O)CN(C)C(=O)C2c3ccccc3Oc3ccccc32)no1. The lowest BCUT2D eigenvalue weighted by Crippen LogP contribution is -2.38. The fourth-order valence-electron chi connectivity index (χ4n) is 3.30. The Balaban J connectivity index is 1.56. The summed E-state index contributed by atoms with van der Waals surface area (Å²) in [5, 5.41) is 6.36. The molecule has 142 valence electrons. The lowest BCUT2D eigenvalue weighted by atomic mass is 9.87. The Morgan fingerprint density at radius 2 is 1.68 bits per heavy atom. The number of hydrogen-bond donors (Lipinski definition) is 1. The first-order chi connectivity index (χ1) is 13.5. The number of aryl methyl sites for hydroxylation is 1. The van der Waals surface area contributed by atoms with E-state index in [9.17, 15) is 9.59 Å². The molecule has 7 heteroatoms. The van der Waals surface area contributed by atoms with Gasteiger partial charge in [0.2, 0.25) is 11.8 Å². The summed E-state index contributed by atoms with van der Waals surface area (Å²) < 4.78 is 10.9. The fourth-order valence-corrected chi connectivity index (χ4v) is 3.30. The number of aromatic nitrogens is 1. The molecular weight excluding hydrogens is 358 g/mol. The van der Waals surface area contributed by atoms with Gasteiger partial charge in [0.1, 0.15) is 17.3 Å². The lowest BCUT2D eigenvalue weighted by Gasteiger charge is -2.30. The van der Waals surface area contributed by atoms with Crippen molar-refractivity contribution in [1.29, 1.82) is 0 Å². The van der Waals surface area contributed by atoms with Crippen LogP contribution in [0.15, 0.2) is 59.1 Å². The van der Waals surface area contributed by atoms with Gasteiger partial charge in [0.05, 0.1) is 12.5 Å². The Morgan fingerprint density at radius 1 is 1.07 bits per heavy atom. The van der Waals surface area contributed by atoms with Gasteiger partial charge in [0.25, 0.3) is 0 Å². The third-order valence-electron chi connectivity index (χ3n) is 4.58. The predicted molar refractivity (Wildman–Crippen MR) is 102 cm³/mol. The third kappa shape index (κ3) is 3.34. The molecule has 0 atom stereocenters. The van der Waals surface area contributed by atoms with Gasteiger partial charge < -0.3 is 19.5 Å². The zero-order valence-electron chi connectivity index (χ0n) is 15.5. The van der Waals surface area contributed by atoms with Gasteiger partial charge in [0, 0.05) is 24.2 Å². The highest BCUT2D eigenvalue weighted by molar-refractivity contribution is 5.96. The molecule has 28 heavy (non-hydrogen) atoms. The van der Waals surface area contributed by atoms with Crippen LogP contribution in [-0.4, -0.2) is 35.5 Å². The van der Waals surface area contributed by atoms with E-state index in [-0.39, 0.29) is 18.4 Å². The number of rotatable bonds is 4. The summed E-state index contributed by atoms with van der Waals surface area (Å²) in [6, 6.07) is 16.5. The van der Waals surface area contributed by atoms with Crippen molar-refractivity contribution in [1.82, 2.24) is 10.1 Å². The van der Waals surface area contributed by atoms with Crippen molar-refractivity contribution in [2.24, 2.45) is 0 Å². The molecule has 1 aliphatic heterocycles. The second-order valence-electron chi connectivity index (χ2n) is 6.68. The number of nitrogens with one attached hydrogen (secondary N) is 1. The minimum atomic E-state index is -0.534. The number of nitrogens with zero attached hydrogens (tertiary/aromatic N) is 2. The van der Waals surface area contributed by atoms with Gasteiger partial charge in [-0.15, -0.1) is 0 Å². The van der Waals surface area contributed by atoms with Crippen LogP contribution in [0.4, 0.5) is 5.82 Å². The van der Waals surface area contributed by atoms with Gasteiger partial charge >= 0.3 is 0 Å². The van der Waals surface area contributed by atoms with Gasteiger partial charge in [-0.25, -0.2) is 0 Å². The molecule has 1 N–H and O–H groups in total. The molecule has 0 bridgehead atoms. The number of likely N-dealkylation sites (N-methyl/N-ethyl adjacent to an activating group) is 1. The molecule has 7 nitrogen and oxygen atoms in total. The standard InChI is InChI=1S/C21H19N3O4/c1-13-11-18(23-28-13)22-19(25)12-24(2)21(26)20-14-7-3-5-9-16(14)27-17-10-6-4-8-15(17)20/h3-11,20H,12H2,1-2H3,(H,22,23,25). The summed E-state index contributed by atoms with van der Waals surface area (Å²) in [4.78, 5) is 27.0. The molecule has 0 radical (unpaired) electrons. The zero-order chi connectivity index (χ0) is 19.7. The van der Waals surface area contributed by atoms with E-state index >= 15 is 0 Å². The van der Waals surface area contributed by atoms with Crippen molar-refractivity contribution >= 4 is 17.6 Å². The molecule has 0 spiro atoms. The number of benzene rings is 2. The van der Waals surface area contributed by atoms with E-state index in [2.05, 4.69) is 10.5 Å². The summed E-state index contributed by atoms with van der Waals surface area (Å²) in [5.41, 5.74) is 1.57. The summed E-state index contributed by atoms with van der Waals surface area (Å²) in [6.45, 7) is 1.63. The monoisotopic (exact) mass is 377 g/mol. The fraction of sp³-hybridized carbons (Fsp3) is 0.190. The molecule has 4 rings (SSSR count). The van der Waals surface area contributed by atoms with Gasteiger partial charge in [-0.3, -0.25) is 9.59 Å². The highest BCUT2D eigenvalue weighted by Gasteiger charge is 2.34.